The molecule has 2 amide bonds. The summed E-state index contributed by atoms with van der Waals surface area (Å²) in [7, 11) is 1.65. The molecular weight excluding hydrogens is 442 g/mol. The van der Waals surface area contributed by atoms with Gasteiger partial charge in [-0.1, -0.05) is 38.1 Å². The van der Waals surface area contributed by atoms with Crippen LogP contribution in [0.1, 0.15) is 63.8 Å². The van der Waals surface area contributed by atoms with Gasteiger partial charge in [-0.2, -0.15) is 0 Å². The summed E-state index contributed by atoms with van der Waals surface area (Å²) in [5.41, 5.74) is 4.03. The van der Waals surface area contributed by atoms with Crippen molar-refractivity contribution in [3.05, 3.63) is 60.0 Å². The van der Waals surface area contributed by atoms with Gasteiger partial charge >= 0.3 is 6.03 Å². The van der Waals surface area contributed by atoms with Gasteiger partial charge in [0.2, 0.25) is 0 Å². The van der Waals surface area contributed by atoms with Crippen LogP contribution in [-0.2, 0) is 0 Å². The highest BCUT2D eigenvalue weighted by Gasteiger charge is 2.31. The van der Waals surface area contributed by atoms with Crippen LogP contribution < -0.4 is 4.74 Å². The molecule has 0 unspecified atom stereocenters. The van der Waals surface area contributed by atoms with Crippen LogP contribution in [0.25, 0.3) is 22.6 Å². The fourth-order valence-electron chi connectivity index (χ4n) is 4.35. The number of hydrogen-bond acceptors (Lipinski definition) is 5. The first-order valence-corrected chi connectivity index (χ1v) is 12.3. The zero-order valence-corrected chi connectivity index (χ0v) is 21.2. The Labute approximate surface area is 207 Å². The maximum Gasteiger partial charge on any atom is 0.343 e. The van der Waals surface area contributed by atoms with Crippen molar-refractivity contribution in [3.8, 4) is 28.3 Å². The van der Waals surface area contributed by atoms with Gasteiger partial charge in [0.15, 0.2) is 11.7 Å². The Morgan fingerprint density at radius 1 is 1.03 bits per heavy atom. The van der Waals surface area contributed by atoms with Gasteiger partial charge in [0.25, 0.3) is 0 Å². The number of urea groups is 1. The number of hydrogen-bond donors (Lipinski definition) is 1. The van der Waals surface area contributed by atoms with Crippen molar-refractivity contribution in [2.75, 3.05) is 20.2 Å². The Morgan fingerprint density at radius 3 is 2.17 bits per heavy atom. The predicted octanol–water partition coefficient (Wildman–Crippen LogP) is 6.54. The number of hydroxylamine groups is 2. The Kier molecular flexibility index (Phi) is 7.45. The fourth-order valence-corrected chi connectivity index (χ4v) is 4.35. The second-order valence-electron chi connectivity index (χ2n) is 9.72. The molecule has 35 heavy (non-hydrogen) atoms. The topological polar surface area (TPSA) is 79.0 Å². The molecular formula is C28H35N3O4. The summed E-state index contributed by atoms with van der Waals surface area (Å²) in [5, 5.41) is 10.8. The van der Waals surface area contributed by atoms with Gasteiger partial charge < -0.3 is 14.1 Å². The molecule has 0 atom stereocenters. The van der Waals surface area contributed by atoms with Crippen molar-refractivity contribution in [2.45, 2.75) is 58.4 Å². The lowest BCUT2D eigenvalue weighted by Crippen LogP contribution is -2.47. The summed E-state index contributed by atoms with van der Waals surface area (Å²) >= 11 is 0. The molecule has 1 saturated heterocycles. The molecule has 186 valence electrons. The van der Waals surface area contributed by atoms with Crippen LogP contribution in [0.4, 0.5) is 4.79 Å². The third-order valence-electron chi connectivity index (χ3n) is 6.65. The van der Waals surface area contributed by atoms with Crippen LogP contribution >= 0.6 is 0 Å². The molecule has 7 heteroatoms. The lowest BCUT2D eigenvalue weighted by Gasteiger charge is -2.33. The van der Waals surface area contributed by atoms with Crippen LogP contribution in [0.15, 0.2) is 52.9 Å². The molecule has 0 spiro atoms. The molecule has 2 heterocycles. The lowest BCUT2D eigenvalue weighted by molar-refractivity contribution is -0.0815. The largest absolute Gasteiger partial charge is 0.497 e. The normalized spacial score (nSPS) is 14.6. The number of ether oxygens (including phenoxy) is 1. The fraction of sp³-hybridized carbons (Fsp3) is 0.429. The minimum absolute atomic E-state index is 0.103. The van der Waals surface area contributed by atoms with E-state index in [0.29, 0.717) is 24.9 Å². The van der Waals surface area contributed by atoms with Crippen molar-refractivity contribution >= 4 is 6.03 Å². The van der Waals surface area contributed by atoms with Gasteiger partial charge in [-0.3, -0.25) is 5.21 Å². The molecule has 0 radical (unpaired) electrons. The molecule has 0 bridgehead atoms. The molecule has 1 fully saturated rings. The molecule has 2 aromatic carbocycles. The molecule has 0 aliphatic carbocycles. The Hall–Kier alpha value is -3.32. The van der Waals surface area contributed by atoms with E-state index < -0.39 is 0 Å². The van der Waals surface area contributed by atoms with E-state index in [1.165, 1.54) is 5.56 Å². The third-order valence-corrected chi connectivity index (χ3v) is 6.65. The first-order chi connectivity index (χ1) is 16.8. The first-order valence-electron chi connectivity index (χ1n) is 12.3. The van der Waals surface area contributed by atoms with E-state index in [1.54, 1.807) is 25.9 Å². The van der Waals surface area contributed by atoms with E-state index in [9.17, 15) is 10.0 Å². The molecule has 7 nitrogen and oxygen atoms in total. The summed E-state index contributed by atoms with van der Waals surface area (Å²) in [6, 6.07) is 15.7. The van der Waals surface area contributed by atoms with Crippen molar-refractivity contribution in [1.29, 1.82) is 0 Å². The number of piperidine rings is 1. The summed E-state index contributed by atoms with van der Waals surface area (Å²) in [5.74, 6) is 2.78. The minimum Gasteiger partial charge on any atom is -0.497 e. The van der Waals surface area contributed by atoms with Crippen LogP contribution in [0.5, 0.6) is 5.75 Å². The highest BCUT2D eigenvalue weighted by Crippen LogP contribution is 2.38. The van der Waals surface area contributed by atoms with Gasteiger partial charge in [-0.05, 0) is 62.4 Å². The lowest BCUT2D eigenvalue weighted by atomic mass is 9.97. The second-order valence-corrected chi connectivity index (χ2v) is 9.72. The van der Waals surface area contributed by atoms with Crippen LogP contribution in [0, 0.1) is 0 Å². The zero-order chi connectivity index (χ0) is 25.1. The summed E-state index contributed by atoms with van der Waals surface area (Å²) < 4.78 is 11.7. The van der Waals surface area contributed by atoms with Crippen LogP contribution in [-0.4, -0.2) is 52.4 Å². The van der Waals surface area contributed by atoms with E-state index in [2.05, 4.69) is 38.1 Å². The highest BCUT2D eigenvalue weighted by molar-refractivity contribution is 5.77. The first kappa shape index (κ1) is 24.8. The predicted molar refractivity (Wildman–Crippen MR) is 136 cm³/mol. The van der Waals surface area contributed by atoms with E-state index >= 15 is 0 Å². The number of amides is 2. The molecule has 0 saturated carbocycles. The van der Waals surface area contributed by atoms with Crippen LogP contribution in [0.2, 0.25) is 0 Å². The average Bonchev–Trinajstić information content (AvgIpc) is 3.33. The Bertz CT molecular complexity index is 1130. The van der Waals surface area contributed by atoms with Crippen molar-refractivity contribution in [3.63, 3.8) is 0 Å². The van der Waals surface area contributed by atoms with E-state index in [0.717, 1.165) is 46.2 Å². The summed E-state index contributed by atoms with van der Waals surface area (Å²) in [6.07, 6.45) is 1.46. The van der Waals surface area contributed by atoms with E-state index in [4.69, 9.17) is 14.1 Å². The van der Waals surface area contributed by atoms with E-state index in [-0.39, 0.29) is 18.0 Å². The maximum atomic E-state index is 12.5. The quantitative estimate of drug-likeness (QED) is 0.322. The summed E-state index contributed by atoms with van der Waals surface area (Å²) in [4.78, 5) is 19.1. The van der Waals surface area contributed by atoms with Crippen molar-refractivity contribution in [2.24, 2.45) is 0 Å². The van der Waals surface area contributed by atoms with E-state index in [1.807, 2.05) is 24.3 Å². The number of carbonyl (C=O) groups excluding carboxylic acids is 1. The Balaban J connectivity index is 1.62. The molecule has 1 N–H and O–H groups in total. The number of nitrogens with zero attached hydrogens (tertiary/aromatic N) is 3. The van der Waals surface area contributed by atoms with Crippen molar-refractivity contribution < 1.29 is 19.2 Å². The number of methoxy groups -OCH3 is 1. The average molecular weight is 478 g/mol. The number of aromatic nitrogens is 1. The second kappa shape index (κ2) is 10.5. The summed E-state index contributed by atoms with van der Waals surface area (Å²) in [6.45, 7) is 9.02. The standard InChI is InChI=1S/C28H35N3O4/c1-18(2)20-6-8-22(9-7-20)26-25(21-10-12-24(34-5)13-11-21)29-27(35-26)23-14-16-30(17-15-23)28(32)31(33)19(3)4/h6-13,18-19,23,33H,14-17H2,1-5H3. The van der Waals surface area contributed by atoms with Crippen LogP contribution in [0.3, 0.4) is 0 Å². The number of likely N-dealkylation sites (tertiary alicyclic amines) is 1. The molecule has 1 aromatic heterocycles. The third kappa shape index (κ3) is 5.35. The minimum atomic E-state index is -0.351. The molecule has 1 aliphatic heterocycles. The maximum absolute atomic E-state index is 12.5. The van der Waals surface area contributed by atoms with Gasteiger partial charge in [0, 0.05) is 30.1 Å². The van der Waals surface area contributed by atoms with Gasteiger partial charge in [0.05, 0.1) is 13.2 Å². The highest BCUT2D eigenvalue weighted by atomic mass is 16.5. The Morgan fingerprint density at radius 2 is 1.63 bits per heavy atom. The molecule has 1 aliphatic rings. The number of carbonyl (C=O) groups is 1. The van der Waals surface area contributed by atoms with Gasteiger partial charge in [0.1, 0.15) is 11.4 Å². The van der Waals surface area contributed by atoms with Gasteiger partial charge in [-0.25, -0.2) is 14.8 Å². The number of oxazole rings is 1. The number of rotatable bonds is 6. The molecule has 4 rings (SSSR count). The number of benzene rings is 2. The molecule has 3 aromatic rings. The smallest absolute Gasteiger partial charge is 0.343 e. The van der Waals surface area contributed by atoms with Crippen molar-refractivity contribution in [1.82, 2.24) is 14.9 Å². The SMILES string of the molecule is COc1ccc(-c2nc(C3CCN(C(=O)N(O)C(C)C)CC3)oc2-c2ccc(C(C)C)cc2)cc1. The zero-order valence-electron chi connectivity index (χ0n) is 21.2. The van der Waals surface area contributed by atoms with Gasteiger partial charge in [-0.15, -0.1) is 0 Å². The monoisotopic (exact) mass is 477 g/mol.